The fourth-order valence-corrected chi connectivity index (χ4v) is 8.10. The Bertz CT molecular complexity index is 2100. The molecular formula is C42H50N8O6. The number of carbonyl (C=O) groups excluding carboxylic acids is 4. The summed E-state index contributed by atoms with van der Waals surface area (Å²) < 4.78 is 9.54. The van der Waals surface area contributed by atoms with Crippen LogP contribution >= 0.6 is 0 Å². The van der Waals surface area contributed by atoms with Gasteiger partial charge in [-0.25, -0.2) is 19.6 Å². The Labute approximate surface area is 325 Å². The van der Waals surface area contributed by atoms with Gasteiger partial charge in [0.05, 0.1) is 50.1 Å². The Morgan fingerprint density at radius 3 is 1.45 bits per heavy atom. The van der Waals surface area contributed by atoms with Crippen molar-refractivity contribution in [1.29, 1.82) is 0 Å². The molecule has 5 aromatic rings. The predicted molar refractivity (Wildman–Crippen MR) is 212 cm³/mol. The van der Waals surface area contributed by atoms with Gasteiger partial charge in [-0.3, -0.25) is 9.59 Å². The molecule has 0 radical (unpaired) electrons. The zero-order valence-electron chi connectivity index (χ0n) is 32.7. The molecule has 1 unspecified atom stereocenters. The molecule has 2 fully saturated rings. The number of imidazole rings is 2. The van der Waals surface area contributed by atoms with E-state index in [1.54, 1.807) is 0 Å². The molecule has 4 amide bonds. The minimum atomic E-state index is -0.692. The van der Waals surface area contributed by atoms with Crippen molar-refractivity contribution in [2.45, 2.75) is 77.5 Å². The maximum Gasteiger partial charge on any atom is 0.407 e. The van der Waals surface area contributed by atoms with Gasteiger partial charge in [0.15, 0.2) is 0 Å². The lowest BCUT2D eigenvalue weighted by Crippen LogP contribution is -2.51. The van der Waals surface area contributed by atoms with Gasteiger partial charge in [0.25, 0.3) is 0 Å². The van der Waals surface area contributed by atoms with Gasteiger partial charge < -0.3 is 39.9 Å². The van der Waals surface area contributed by atoms with Crippen LogP contribution in [0.15, 0.2) is 60.9 Å². The molecule has 2 aliphatic heterocycles. The van der Waals surface area contributed by atoms with Gasteiger partial charge >= 0.3 is 12.2 Å². The van der Waals surface area contributed by atoms with Gasteiger partial charge in [-0.1, -0.05) is 64.1 Å². The maximum absolute atomic E-state index is 13.6. The van der Waals surface area contributed by atoms with Crippen LogP contribution in [0.3, 0.4) is 0 Å². The molecule has 2 saturated heterocycles. The quantitative estimate of drug-likeness (QED) is 0.112. The second kappa shape index (κ2) is 16.0. The number of benzene rings is 3. The normalized spacial score (nSPS) is 18.1. The highest BCUT2D eigenvalue weighted by Crippen LogP contribution is 2.36. The number of alkyl carbamates (subject to hydrolysis) is 2. The number of likely N-dealkylation sites (tertiary alicyclic amines) is 2. The summed E-state index contributed by atoms with van der Waals surface area (Å²) in [7, 11) is 2.58. The van der Waals surface area contributed by atoms with E-state index in [0.29, 0.717) is 13.1 Å². The van der Waals surface area contributed by atoms with Crippen LogP contribution in [0.4, 0.5) is 9.59 Å². The van der Waals surface area contributed by atoms with Crippen LogP contribution in [-0.4, -0.2) is 93.1 Å². The molecule has 4 N–H and O–H groups in total. The van der Waals surface area contributed by atoms with Gasteiger partial charge in [0.2, 0.25) is 11.8 Å². The van der Waals surface area contributed by atoms with Crippen LogP contribution < -0.4 is 10.6 Å². The number of ether oxygens (including phenoxy) is 2. The number of hydrogen-bond donors (Lipinski definition) is 4. The van der Waals surface area contributed by atoms with Crippen LogP contribution in [0.1, 0.15) is 77.1 Å². The molecule has 0 saturated carbocycles. The molecule has 2 aliphatic rings. The lowest BCUT2D eigenvalue weighted by atomic mass is 9.97. The van der Waals surface area contributed by atoms with Crippen LogP contribution in [0, 0.1) is 11.8 Å². The topological polar surface area (TPSA) is 175 Å². The van der Waals surface area contributed by atoms with E-state index in [0.717, 1.165) is 81.4 Å². The number of hydrogen-bond acceptors (Lipinski definition) is 8. The second-order valence-electron chi connectivity index (χ2n) is 15.4. The highest BCUT2D eigenvalue weighted by atomic mass is 16.5. The van der Waals surface area contributed by atoms with E-state index in [2.05, 4.69) is 69.1 Å². The van der Waals surface area contributed by atoms with E-state index in [4.69, 9.17) is 19.4 Å². The van der Waals surface area contributed by atoms with Gasteiger partial charge in [0, 0.05) is 24.2 Å². The predicted octanol–water partition coefficient (Wildman–Crippen LogP) is 6.86. The summed E-state index contributed by atoms with van der Waals surface area (Å²) in [5, 5.41) is 9.81. The molecular weight excluding hydrogens is 713 g/mol. The van der Waals surface area contributed by atoms with E-state index < -0.39 is 24.3 Å². The number of methoxy groups -OCH3 is 2. The molecule has 4 heterocycles. The largest absolute Gasteiger partial charge is 0.453 e. The summed E-state index contributed by atoms with van der Waals surface area (Å²) in [6.07, 6.45) is 5.64. The number of nitrogens with one attached hydrogen (secondary N) is 4. The van der Waals surface area contributed by atoms with Crippen LogP contribution in [0.25, 0.3) is 44.1 Å². The Morgan fingerprint density at radius 2 is 1.07 bits per heavy atom. The van der Waals surface area contributed by atoms with Crippen molar-refractivity contribution >= 4 is 45.5 Å². The Balaban J connectivity index is 1.08. The molecule has 0 spiro atoms. The van der Waals surface area contributed by atoms with Crippen molar-refractivity contribution in [3.8, 4) is 22.5 Å². The van der Waals surface area contributed by atoms with E-state index in [9.17, 15) is 19.2 Å². The molecule has 294 valence electrons. The van der Waals surface area contributed by atoms with Gasteiger partial charge in [-0.15, -0.1) is 0 Å². The van der Waals surface area contributed by atoms with Crippen molar-refractivity contribution in [3.63, 3.8) is 0 Å². The second-order valence-corrected chi connectivity index (χ2v) is 15.4. The molecule has 14 nitrogen and oxygen atoms in total. The molecule has 56 heavy (non-hydrogen) atoms. The Hall–Kier alpha value is -5.92. The zero-order chi connectivity index (χ0) is 39.7. The number of amides is 4. The smallest absolute Gasteiger partial charge is 0.407 e. The van der Waals surface area contributed by atoms with E-state index in [1.807, 2.05) is 49.9 Å². The first-order chi connectivity index (χ1) is 27.0. The summed E-state index contributed by atoms with van der Waals surface area (Å²) in [4.78, 5) is 71.2. The number of rotatable bonds is 10. The molecule has 2 aromatic heterocycles. The number of carbonyl (C=O) groups is 4. The lowest BCUT2D eigenvalue weighted by Gasteiger charge is -2.30. The number of aromatic amines is 2. The van der Waals surface area contributed by atoms with E-state index in [1.165, 1.54) is 14.2 Å². The van der Waals surface area contributed by atoms with E-state index >= 15 is 0 Å². The molecule has 4 atom stereocenters. The fraction of sp³-hybridized carbons (Fsp3) is 0.429. The fourth-order valence-electron chi connectivity index (χ4n) is 8.10. The van der Waals surface area contributed by atoms with Crippen molar-refractivity contribution in [3.05, 3.63) is 72.6 Å². The summed E-state index contributed by atoms with van der Waals surface area (Å²) in [6, 6.07) is 15.1. The molecule has 0 bridgehead atoms. The zero-order valence-corrected chi connectivity index (χ0v) is 32.7. The Kier molecular flexibility index (Phi) is 11.0. The highest BCUT2D eigenvalue weighted by molar-refractivity contribution is 6.09. The number of H-pyrrole nitrogens is 2. The minimum absolute atomic E-state index is 0.108. The standard InChI is InChI=1S/C42H50N8O6/c1-23(2)35(47-41(53)55-5)39(51)49-17-7-9-33(49)37-43-21-31(45-37)27-13-15-29-25(19-27)11-12-26-20-28(14-16-30(26)29)32-22-44-38(46-32)34-10-8-18-50(34)40(52)36(24(3)4)48-42(54)56-6/h11-16,19-24,33-36H,7-10,17-18H2,1-6H3,(H,43,45)(H,44,46)(H,47,53)(H,48,54)/t33-,34?,35-,36-/m0/s1. The molecule has 0 aliphatic carbocycles. The Morgan fingerprint density at radius 1 is 0.661 bits per heavy atom. The van der Waals surface area contributed by atoms with Crippen LogP contribution in [0.2, 0.25) is 0 Å². The lowest BCUT2D eigenvalue weighted by molar-refractivity contribution is -0.136. The van der Waals surface area contributed by atoms with Crippen molar-refractivity contribution in [2.24, 2.45) is 11.8 Å². The average molecular weight is 763 g/mol. The third-order valence-electron chi connectivity index (χ3n) is 11.1. The summed E-state index contributed by atoms with van der Waals surface area (Å²) in [5.74, 6) is 0.951. The molecule has 7 rings (SSSR count). The third-order valence-corrected chi connectivity index (χ3v) is 11.1. The van der Waals surface area contributed by atoms with Crippen LogP contribution in [-0.2, 0) is 19.1 Å². The summed E-state index contributed by atoms with van der Waals surface area (Å²) >= 11 is 0. The third kappa shape index (κ3) is 7.52. The van der Waals surface area contributed by atoms with Crippen molar-refractivity contribution < 1.29 is 28.7 Å². The number of fused-ring (bicyclic) bond motifs is 3. The highest BCUT2D eigenvalue weighted by Gasteiger charge is 2.39. The van der Waals surface area contributed by atoms with Crippen molar-refractivity contribution in [1.82, 2.24) is 40.4 Å². The molecule has 3 aromatic carbocycles. The van der Waals surface area contributed by atoms with Gasteiger partial charge in [-0.05, 0) is 71.2 Å². The van der Waals surface area contributed by atoms with E-state index in [-0.39, 0.29) is 35.7 Å². The summed E-state index contributed by atoms with van der Waals surface area (Å²) in [6.45, 7) is 8.79. The number of aromatic nitrogens is 4. The first kappa shape index (κ1) is 38.4. The SMILES string of the molecule is COC(=O)N[C@H](C(=O)N1CCCC1c1ncc(-c2ccc3c(ccc4cc(-c5cnc([C@@H]6CCCN6C(=O)[C@@H](NC(=O)OC)C(C)C)[nH]5)ccc43)c2)[nH]1)C(C)C. The minimum Gasteiger partial charge on any atom is -0.453 e. The van der Waals surface area contributed by atoms with Gasteiger partial charge in [-0.2, -0.15) is 0 Å². The molecule has 14 heteroatoms. The average Bonchev–Trinajstić information content (AvgIpc) is 4.04. The van der Waals surface area contributed by atoms with Gasteiger partial charge in [0.1, 0.15) is 23.7 Å². The maximum atomic E-state index is 13.6. The first-order valence-electron chi connectivity index (χ1n) is 19.3. The van der Waals surface area contributed by atoms with Crippen LogP contribution in [0.5, 0.6) is 0 Å². The van der Waals surface area contributed by atoms with Crippen molar-refractivity contribution in [2.75, 3.05) is 27.3 Å². The number of nitrogens with zero attached hydrogens (tertiary/aromatic N) is 4. The summed E-state index contributed by atoms with van der Waals surface area (Å²) in [5.41, 5.74) is 3.70. The monoisotopic (exact) mass is 762 g/mol. The first-order valence-corrected chi connectivity index (χ1v) is 19.3.